The van der Waals surface area contributed by atoms with Gasteiger partial charge in [0.15, 0.2) is 0 Å². The normalized spacial score (nSPS) is 17.4. The van der Waals surface area contributed by atoms with E-state index in [1.54, 1.807) is 0 Å². The first-order chi connectivity index (χ1) is 13.3. The molecule has 2 aromatic heterocycles. The average molecular weight is 361 g/mol. The van der Waals surface area contributed by atoms with Crippen LogP contribution in [0.2, 0.25) is 0 Å². The van der Waals surface area contributed by atoms with Gasteiger partial charge in [-0.25, -0.2) is 4.98 Å². The minimum atomic E-state index is 0.0196. The van der Waals surface area contributed by atoms with Crippen LogP contribution in [0.4, 0.5) is 5.95 Å². The Morgan fingerprint density at radius 3 is 2.81 bits per heavy atom. The van der Waals surface area contributed by atoms with Crippen molar-refractivity contribution in [3.05, 3.63) is 63.7 Å². The van der Waals surface area contributed by atoms with Crippen LogP contribution in [0.1, 0.15) is 29.7 Å². The molecule has 1 aromatic carbocycles. The molecule has 0 radical (unpaired) electrons. The zero-order valence-electron chi connectivity index (χ0n) is 15.3. The van der Waals surface area contributed by atoms with Crippen LogP contribution < -0.4 is 10.5 Å². The van der Waals surface area contributed by atoms with E-state index < -0.39 is 0 Å². The molecule has 0 atom stereocenters. The smallest absolute Gasteiger partial charge is 0.257 e. The van der Waals surface area contributed by atoms with E-state index in [0.717, 1.165) is 55.3 Å². The third kappa shape index (κ3) is 3.10. The highest BCUT2D eigenvalue weighted by Crippen LogP contribution is 2.23. The van der Waals surface area contributed by atoms with Crippen LogP contribution >= 0.6 is 0 Å². The number of hydrogen-bond acceptors (Lipinski definition) is 5. The van der Waals surface area contributed by atoms with Crippen LogP contribution in [-0.2, 0) is 19.5 Å². The Balaban J connectivity index is 1.40. The Bertz CT molecular complexity index is 1030. The number of para-hydroxylation sites is 1. The highest BCUT2D eigenvalue weighted by atomic mass is 16.1. The van der Waals surface area contributed by atoms with E-state index in [0.29, 0.717) is 6.54 Å². The first-order valence-electron chi connectivity index (χ1n) is 9.70. The molecule has 0 saturated carbocycles. The molecule has 2 aliphatic rings. The fourth-order valence-electron chi connectivity index (χ4n) is 4.22. The van der Waals surface area contributed by atoms with Gasteiger partial charge in [-0.15, -0.1) is 0 Å². The topological polar surface area (TPSA) is 65.1 Å². The van der Waals surface area contributed by atoms with E-state index in [1.165, 1.54) is 23.8 Å². The Morgan fingerprint density at radius 2 is 1.93 bits per heavy atom. The maximum absolute atomic E-state index is 12.7. The van der Waals surface area contributed by atoms with Gasteiger partial charge < -0.3 is 4.90 Å². The second-order valence-electron chi connectivity index (χ2n) is 7.46. The van der Waals surface area contributed by atoms with Crippen molar-refractivity contribution in [2.45, 2.75) is 32.4 Å². The predicted octanol–water partition coefficient (Wildman–Crippen LogP) is 2.48. The number of rotatable bonds is 3. The average Bonchev–Trinajstić information content (AvgIpc) is 3.23. The van der Waals surface area contributed by atoms with Crippen molar-refractivity contribution in [2.24, 2.45) is 0 Å². The molecule has 0 amide bonds. The molecule has 1 N–H and O–H groups in total. The molecule has 0 aliphatic carbocycles. The van der Waals surface area contributed by atoms with Gasteiger partial charge in [0.1, 0.15) is 0 Å². The molecule has 2 aliphatic heterocycles. The number of nitrogens with zero attached hydrogens (tertiary/aromatic N) is 4. The Hall–Kier alpha value is -2.73. The lowest BCUT2D eigenvalue weighted by Gasteiger charge is -2.28. The molecule has 3 aromatic rings. The minimum Gasteiger partial charge on any atom is -0.342 e. The van der Waals surface area contributed by atoms with Crippen molar-refractivity contribution >= 4 is 16.9 Å². The molecule has 0 unspecified atom stereocenters. The second-order valence-corrected chi connectivity index (χ2v) is 7.46. The summed E-state index contributed by atoms with van der Waals surface area (Å²) in [4.78, 5) is 29.5. The number of benzene rings is 1. The molecular formula is C21H23N5O. The van der Waals surface area contributed by atoms with E-state index in [4.69, 9.17) is 4.98 Å². The Kier molecular flexibility index (Phi) is 4.13. The highest BCUT2D eigenvalue weighted by molar-refractivity contribution is 5.81. The van der Waals surface area contributed by atoms with E-state index >= 15 is 0 Å². The van der Waals surface area contributed by atoms with Gasteiger partial charge >= 0.3 is 0 Å². The van der Waals surface area contributed by atoms with Gasteiger partial charge in [0, 0.05) is 50.7 Å². The first-order valence-corrected chi connectivity index (χ1v) is 9.70. The van der Waals surface area contributed by atoms with E-state index in [2.05, 4.69) is 31.9 Å². The molecule has 6 heteroatoms. The first kappa shape index (κ1) is 16.4. The quantitative estimate of drug-likeness (QED) is 0.776. The predicted molar refractivity (Wildman–Crippen MR) is 106 cm³/mol. The molecule has 27 heavy (non-hydrogen) atoms. The maximum atomic E-state index is 12.7. The fraction of sp³-hybridized carbons (Fsp3) is 0.381. The van der Waals surface area contributed by atoms with Crippen molar-refractivity contribution in [1.82, 2.24) is 19.9 Å². The largest absolute Gasteiger partial charge is 0.342 e. The van der Waals surface area contributed by atoms with Crippen LogP contribution in [0, 0.1) is 0 Å². The highest BCUT2D eigenvalue weighted by Gasteiger charge is 2.23. The Labute approximate surface area is 157 Å². The molecular weight excluding hydrogens is 338 g/mol. The van der Waals surface area contributed by atoms with Gasteiger partial charge in [0.2, 0.25) is 5.95 Å². The van der Waals surface area contributed by atoms with Crippen molar-refractivity contribution in [1.29, 1.82) is 0 Å². The summed E-state index contributed by atoms with van der Waals surface area (Å²) >= 11 is 0. The van der Waals surface area contributed by atoms with Gasteiger partial charge in [-0.2, -0.15) is 0 Å². The minimum absolute atomic E-state index is 0.0196. The number of aromatic amines is 1. The lowest BCUT2D eigenvalue weighted by molar-refractivity contribution is 0.242. The van der Waals surface area contributed by atoms with Crippen LogP contribution in [-0.4, -0.2) is 39.5 Å². The Morgan fingerprint density at radius 1 is 1.07 bits per heavy atom. The maximum Gasteiger partial charge on any atom is 0.257 e. The molecule has 1 saturated heterocycles. The number of anilines is 1. The van der Waals surface area contributed by atoms with Crippen LogP contribution in [0.5, 0.6) is 0 Å². The van der Waals surface area contributed by atoms with E-state index in [9.17, 15) is 4.79 Å². The summed E-state index contributed by atoms with van der Waals surface area (Å²) in [6, 6.07) is 10.3. The number of fused-ring (bicyclic) bond motifs is 2. The van der Waals surface area contributed by atoms with Gasteiger partial charge in [0.25, 0.3) is 5.56 Å². The third-order valence-electron chi connectivity index (χ3n) is 5.67. The van der Waals surface area contributed by atoms with Crippen molar-refractivity contribution < 1.29 is 0 Å². The lowest BCUT2D eigenvalue weighted by Crippen LogP contribution is -2.36. The summed E-state index contributed by atoms with van der Waals surface area (Å²) in [6.07, 6.45) is 5.04. The molecule has 6 nitrogen and oxygen atoms in total. The summed E-state index contributed by atoms with van der Waals surface area (Å²) in [6.45, 7) is 4.36. The summed E-state index contributed by atoms with van der Waals surface area (Å²) < 4.78 is 0. The summed E-state index contributed by atoms with van der Waals surface area (Å²) in [5, 5.41) is 1.18. The number of hydrogen-bond donors (Lipinski definition) is 1. The monoisotopic (exact) mass is 361 g/mol. The van der Waals surface area contributed by atoms with Crippen LogP contribution in [0.3, 0.4) is 0 Å². The van der Waals surface area contributed by atoms with Crippen molar-refractivity contribution in [2.75, 3.05) is 24.5 Å². The van der Waals surface area contributed by atoms with E-state index in [1.807, 2.05) is 24.4 Å². The SMILES string of the molecule is O=c1[nH]c(N2CCCC2)nc2c1CN(Cc1ccnc3ccccc13)CC2. The molecule has 4 heterocycles. The third-order valence-corrected chi connectivity index (χ3v) is 5.67. The summed E-state index contributed by atoms with van der Waals surface area (Å²) in [5.41, 5.74) is 4.08. The zero-order chi connectivity index (χ0) is 18.2. The number of H-pyrrole nitrogens is 1. The summed E-state index contributed by atoms with van der Waals surface area (Å²) in [5.74, 6) is 0.754. The van der Waals surface area contributed by atoms with Crippen LogP contribution in [0.15, 0.2) is 41.3 Å². The molecule has 0 spiro atoms. The van der Waals surface area contributed by atoms with Gasteiger partial charge in [-0.1, -0.05) is 18.2 Å². The van der Waals surface area contributed by atoms with E-state index in [-0.39, 0.29) is 5.56 Å². The number of aromatic nitrogens is 3. The lowest BCUT2D eigenvalue weighted by atomic mass is 10.0. The molecule has 0 bridgehead atoms. The number of nitrogens with one attached hydrogen (secondary N) is 1. The van der Waals surface area contributed by atoms with Gasteiger partial charge in [-0.3, -0.25) is 19.7 Å². The second kappa shape index (κ2) is 6.78. The standard InChI is InChI=1S/C21H23N5O/c27-20-17-14-25(13-15-7-9-22-18-6-2-1-5-16(15)18)12-8-19(17)23-21(24-20)26-10-3-4-11-26/h1-2,5-7,9H,3-4,8,10-14H2,(H,23,24,27). The van der Waals surface area contributed by atoms with Crippen molar-refractivity contribution in [3.8, 4) is 0 Å². The number of pyridine rings is 1. The van der Waals surface area contributed by atoms with Crippen molar-refractivity contribution in [3.63, 3.8) is 0 Å². The zero-order valence-corrected chi connectivity index (χ0v) is 15.3. The fourth-order valence-corrected chi connectivity index (χ4v) is 4.22. The molecule has 5 rings (SSSR count). The molecule has 138 valence electrons. The molecule has 1 fully saturated rings. The van der Waals surface area contributed by atoms with Gasteiger partial charge in [0.05, 0.1) is 16.8 Å². The van der Waals surface area contributed by atoms with Crippen LogP contribution in [0.25, 0.3) is 10.9 Å². The van der Waals surface area contributed by atoms with Gasteiger partial charge in [-0.05, 0) is 30.5 Å². The summed E-state index contributed by atoms with van der Waals surface area (Å²) in [7, 11) is 0.